The molecule has 0 aliphatic carbocycles. The van der Waals surface area contributed by atoms with Crippen molar-refractivity contribution in [3.63, 3.8) is 0 Å². The van der Waals surface area contributed by atoms with Crippen LogP contribution in [0.2, 0.25) is 0 Å². The van der Waals surface area contributed by atoms with Crippen molar-refractivity contribution in [2.24, 2.45) is 5.92 Å². The molecule has 0 saturated heterocycles. The standard InChI is InChI=1S/C10H16F3NO3/c1-6(2)14(9(16)10(11,12)13)5-7(3)8(15)17-4/h6-7H,5H2,1-4H3. The number of hydrogen-bond donors (Lipinski definition) is 0. The second-order valence-electron chi connectivity index (χ2n) is 3.97. The number of alkyl halides is 3. The number of carbonyl (C=O) groups excluding carboxylic acids is 2. The van der Waals surface area contributed by atoms with E-state index in [1.54, 1.807) is 0 Å². The lowest BCUT2D eigenvalue weighted by Crippen LogP contribution is -2.47. The van der Waals surface area contributed by atoms with Crippen LogP contribution in [-0.2, 0) is 14.3 Å². The van der Waals surface area contributed by atoms with Crippen LogP contribution in [0.3, 0.4) is 0 Å². The third kappa shape index (κ3) is 4.62. The summed E-state index contributed by atoms with van der Waals surface area (Å²) in [5.41, 5.74) is 0. The fraction of sp³-hybridized carbons (Fsp3) is 0.800. The highest BCUT2D eigenvalue weighted by Crippen LogP contribution is 2.21. The molecular weight excluding hydrogens is 239 g/mol. The van der Waals surface area contributed by atoms with Crippen molar-refractivity contribution in [2.75, 3.05) is 13.7 Å². The second kappa shape index (κ2) is 5.88. The lowest BCUT2D eigenvalue weighted by atomic mass is 10.1. The molecule has 0 heterocycles. The van der Waals surface area contributed by atoms with Gasteiger partial charge in [-0.05, 0) is 13.8 Å². The van der Waals surface area contributed by atoms with Crippen LogP contribution in [0.4, 0.5) is 13.2 Å². The molecule has 0 radical (unpaired) electrons. The van der Waals surface area contributed by atoms with Crippen LogP contribution >= 0.6 is 0 Å². The van der Waals surface area contributed by atoms with Crippen molar-refractivity contribution in [1.82, 2.24) is 4.90 Å². The predicted octanol–water partition coefficient (Wildman–Crippen LogP) is 1.59. The van der Waals surface area contributed by atoms with Crippen LogP contribution in [0, 0.1) is 5.92 Å². The maximum Gasteiger partial charge on any atom is 0.471 e. The van der Waals surface area contributed by atoms with Gasteiger partial charge >= 0.3 is 18.1 Å². The number of esters is 1. The molecule has 0 rings (SSSR count). The second-order valence-corrected chi connectivity index (χ2v) is 3.97. The summed E-state index contributed by atoms with van der Waals surface area (Å²) in [5, 5.41) is 0. The Bertz CT molecular complexity index is 289. The molecule has 100 valence electrons. The van der Waals surface area contributed by atoms with Gasteiger partial charge in [0.15, 0.2) is 0 Å². The van der Waals surface area contributed by atoms with Gasteiger partial charge in [0, 0.05) is 12.6 Å². The minimum Gasteiger partial charge on any atom is -0.469 e. The van der Waals surface area contributed by atoms with E-state index < -0.39 is 30.0 Å². The molecule has 0 N–H and O–H groups in total. The fourth-order valence-electron chi connectivity index (χ4n) is 1.26. The largest absolute Gasteiger partial charge is 0.471 e. The highest BCUT2D eigenvalue weighted by atomic mass is 19.4. The molecule has 0 bridgehead atoms. The van der Waals surface area contributed by atoms with Gasteiger partial charge in [-0.2, -0.15) is 13.2 Å². The summed E-state index contributed by atoms with van der Waals surface area (Å²) in [6, 6.07) is -0.642. The Morgan fingerprint density at radius 2 is 1.71 bits per heavy atom. The van der Waals surface area contributed by atoms with E-state index in [1.165, 1.54) is 20.8 Å². The topological polar surface area (TPSA) is 46.6 Å². The van der Waals surface area contributed by atoms with E-state index >= 15 is 0 Å². The van der Waals surface area contributed by atoms with Gasteiger partial charge in [0.05, 0.1) is 13.0 Å². The minimum atomic E-state index is -4.93. The van der Waals surface area contributed by atoms with Crippen LogP contribution in [-0.4, -0.2) is 42.6 Å². The first kappa shape index (κ1) is 15.7. The quantitative estimate of drug-likeness (QED) is 0.717. The molecule has 1 unspecified atom stereocenters. The Morgan fingerprint density at radius 3 is 2.00 bits per heavy atom. The molecule has 0 spiro atoms. The van der Waals surface area contributed by atoms with Gasteiger partial charge < -0.3 is 9.64 Å². The summed E-state index contributed by atoms with van der Waals surface area (Å²) < 4.78 is 41.3. The Hall–Kier alpha value is -1.27. The molecule has 0 aromatic carbocycles. The number of methoxy groups -OCH3 is 1. The molecule has 0 aromatic heterocycles. The number of carbonyl (C=O) groups is 2. The van der Waals surface area contributed by atoms with E-state index in [-0.39, 0.29) is 6.54 Å². The third-order valence-corrected chi connectivity index (χ3v) is 2.20. The van der Waals surface area contributed by atoms with Crippen molar-refractivity contribution in [1.29, 1.82) is 0 Å². The summed E-state index contributed by atoms with van der Waals surface area (Å²) in [4.78, 5) is 22.8. The Balaban J connectivity index is 4.78. The average Bonchev–Trinajstić information content (AvgIpc) is 2.21. The number of amides is 1. The first-order valence-electron chi connectivity index (χ1n) is 5.06. The summed E-state index contributed by atoms with van der Waals surface area (Å²) >= 11 is 0. The van der Waals surface area contributed by atoms with Crippen LogP contribution in [0.15, 0.2) is 0 Å². The molecule has 7 heteroatoms. The highest BCUT2D eigenvalue weighted by Gasteiger charge is 2.43. The lowest BCUT2D eigenvalue weighted by molar-refractivity contribution is -0.188. The van der Waals surface area contributed by atoms with Gasteiger partial charge in [0.2, 0.25) is 0 Å². The van der Waals surface area contributed by atoms with Gasteiger partial charge in [-0.1, -0.05) is 6.92 Å². The molecule has 1 amide bonds. The van der Waals surface area contributed by atoms with Crippen molar-refractivity contribution < 1.29 is 27.5 Å². The molecule has 0 fully saturated rings. The van der Waals surface area contributed by atoms with E-state index in [9.17, 15) is 22.8 Å². The van der Waals surface area contributed by atoms with Crippen molar-refractivity contribution in [3.05, 3.63) is 0 Å². The maximum absolute atomic E-state index is 12.3. The summed E-state index contributed by atoms with van der Waals surface area (Å²) in [5.74, 6) is -3.39. The van der Waals surface area contributed by atoms with E-state index in [0.717, 1.165) is 7.11 Å². The number of nitrogens with zero attached hydrogens (tertiary/aromatic N) is 1. The van der Waals surface area contributed by atoms with Crippen LogP contribution < -0.4 is 0 Å². The van der Waals surface area contributed by atoms with Gasteiger partial charge in [-0.25, -0.2) is 0 Å². The van der Waals surface area contributed by atoms with E-state index in [0.29, 0.717) is 4.90 Å². The zero-order valence-electron chi connectivity index (χ0n) is 10.2. The number of ether oxygens (including phenoxy) is 1. The van der Waals surface area contributed by atoms with Gasteiger partial charge in [-0.3, -0.25) is 9.59 Å². The monoisotopic (exact) mass is 255 g/mol. The summed E-state index contributed by atoms with van der Waals surface area (Å²) in [6.07, 6.45) is -4.93. The number of rotatable bonds is 4. The van der Waals surface area contributed by atoms with Gasteiger partial charge in [-0.15, -0.1) is 0 Å². The first-order chi connectivity index (χ1) is 7.61. The Kier molecular flexibility index (Phi) is 5.44. The molecule has 0 aliphatic heterocycles. The first-order valence-corrected chi connectivity index (χ1v) is 5.06. The molecule has 0 aromatic rings. The normalized spacial score (nSPS) is 13.4. The van der Waals surface area contributed by atoms with Crippen molar-refractivity contribution in [2.45, 2.75) is 33.0 Å². The van der Waals surface area contributed by atoms with Crippen LogP contribution in [0.25, 0.3) is 0 Å². The van der Waals surface area contributed by atoms with E-state index in [2.05, 4.69) is 4.74 Å². The molecule has 4 nitrogen and oxygen atoms in total. The van der Waals surface area contributed by atoms with Crippen molar-refractivity contribution in [3.8, 4) is 0 Å². The number of halogens is 3. The van der Waals surface area contributed by atoms with E-state index in [4.69, 9.17) is 0 Å². The highest BCUT2D eigenvalue weighted by molar-refractivity contribution is 5.83. The minimum absolute atomic E-state index is 0.317. The molecule has 1 atom stereocenters. The Labute approximate surface area is 97.7 Å². The predicted molar refractivity (Wildman–Crippen MR) is 54.1 cm³/mol. The SMILES string of the molecule is COC(=O)C(C)CN(C(=O)C(F)(F)F)C(C)C. The van der Waals surface area contributed by atoms with Crippen LogP contribution in [0.5, 0.6) is 0 Å². The lowest BCUT2D eigenvalue weighted by Gasteiger charge is -2.29. The third-order valence-electron chi connectivity index (χ3n) is 2.20. The molecule has 0 saturated carbocycles. The number of hydrogen-bond acceptors (Lipinski definition) is 3. The molecular formula is C10H16F3NO3. The maximum atomic E-state index is 12.3. The average molecular weight is 255 g/mol. The zero-order chi connectivity index (χ0) is 13.8. The Morgan fingerprint density at radius 1 is 1.24 bits per heavy atom. The van der Waals surface area contributed by atoms with E-state index in [1.807, 2.05) is 0 Å². The molecule has 0 aliphatic rings. The summed E-state index contributed by atoms with van der Waals surface area (Å²) in [7, 11) is 1.14. The smallest absolute Gasteiger partial charge is 0.469 e. The molecule has 17 heavy (non-hydrogen) atoms. The zero-order valence-corrected chi connectivity index (χ0v) is 10.2. The van der Waals surface area contributed by atoms with Gasteiger partial charge in [0.25, 0.3) is 0 Å². The fourth-order valence-corrected chi connectivity index (χ4v) is 1.26. The van der Waals surface area contributed by atoms with Crippen LogP contribution in [0.1, 0.15) is 20.8 Å². The van der Waals surface area contributed by atoms with Crippen molar-refractivity contribution >= 4 is 11.9 Å². The van der Waals surface area contributed by atoms with Gasteiger partial charge in [0.1, 0.15) is 0 Å². The summed E-state index contributed by atoms with van der Waals surface area (Å²) in [6.45, 7) is 3.99.